The molecule has 1 aromatic rings. The molecule has 1 saturated heterocycles. The van der Waals surface area contributed by atoms with Crippen molar-refractivity contribution in [3.63, 3.8) is 0 Å². The van der Waals surface area contributed by atoms with Crippen LogP contribution in [0.2, 0.25) is 5.02 Å². The molecule has 1 saturated carbocycles. The molecule has 1 heterocycles. The van der Waals surface area contributed by atoms with Crippen molar-refractivity contribution >= 4 is 33.4 Å². The molecule has 2 fully saturated rings. The van der Waals surface area contributed by atoms with E-state index >= 15 is 0 Å². The number of hydrogen-bond acceptors (Lipinski definition) is 2. The molecule has 0 spiro atoms. The Kier molecular flexibility index (Phi) is 4.34. The third kappa shape index (κ3) is 3.02. The van der Waals surface area contributed by atoms with E-state index in [9.17, 15) is 4.79 Å². The third-order valence-electron chi connectivity index (χ3n) is 3.91. The summed E-state index contributed by atoms with van der Waals surface area (Å²) in [4.78, 5) is 14.8. The molecule has 0 bridgehead atoms. The molecule has 3 nitrogen and oxygen atoms in total. The number of amides is 1. The zero-order valence-electron chi connectivity index (χ0n) is 11.1. The SMILES string of the molecule is O=C(c1cccc(Br)c1Cl)N(CC1CCOC1)C1CC1. The van der Waals surface area contributed by atoms with Crippen molar-refractivity contribution in [1.29, 1.82) is 0 Å². The zero-order chi connectivity index (χ0) is 14.1. The molecule has 3 rings (SSSR count). The Morgan fingerprint density at radius 2 is 2.20 bits per heavy atom. The molecule has 1 unspecified atom stereocenters. The van der Waals surface area contributed by atoms with Crippen LogP contribution in [0.5, 0.6) is 0 Å². The predicted molar refractivity (Wildman–Crippen MR) is 82.1 cm³/mol. The van der Waals surface area contributed by atoms with Gasteiger partial charge in [-0.1, -0.05) is 17.7 Å². The average molecular weight is 359 g/mol. The van der Waals surface area contributed by atoms with Gasteiger partial charge in [0.1, 0.15) is 0 Å². The zero-order valence-corrected chi connectivity index (χ0v) is 13.5. The summed E-state index contributed by atoms with van der Waals surface area (Å²) in [6.45, 7) is 2.37. The number of nitrogens with zero attached hydrogens (tertiary/aromatic N) is 1. The molecule has 2 aliphatic rings. The van der Waals surface area contributed by atoms with Gasteiger partial charge in [-0.3, -0.25) is 4.79 Å². The lowest BCUT2D eigenvalue weighted by molar-refractivity contribution is 0.0706. The van der Waals surface area contributed by atoms with Crippen LogP contribution in [0.3, 0.4) is 0 Å². The molecule has 0 aromatic heterocycles. The summed E-state index contributed by atoms with van der Waals surface area (Å²) in [5.74, 6) is 0.510. The summed E-state index contributed by atoms with van der Waals surface area (Å²) in [6, 6.07) is 5.90. The normalized spacial score (nSPS) is 22.0. The van der Waals surface area contributed by atoms with E-state index in [4.69, 9.17) is 16.3 Å². The predicted octanol–water partition coefficient (Wildman–Crippen LogP) is 3.74. The van der Waals surface area contributed by atoms with Gasteiger partial charge in [0.15, 0.2) is 0 Å². The van der Waals surface area contributed by atoms with Gasteiger partial charge >= 0.3 is 0 Å². The van der Waals surface area contributed by atoms with E-state index in [1.165, 1.54) is 0 Å². The lowest BCUT2D eigenvalue weighted by Crippen LogP contribution is -2.37. The van der Waals surface area contributed by atoms with Crippen LogP contribution in [0, 0.1) is 5.92 Å². The highest BCUT2D eigenvalue weighted by atomic mass is 79.9. The molecule has 1 aliphatic heterocycles. The van der Waals surface area contributed by atoms with E-state index < -0.39 is 0 Å². The van der Waals surface area contributed by atoms with E-state index in [2.05, 4.69) is 15.9 Å². The van der Waals surface area contributed by atoms with Gasteiger partial charge in [0.05, 0.1) is 17.2 Å². The average Bonchev–Trinajstić information content (AvgIpc) is 3.15. The first-order chi connectivity index (χ1) is 9.66. The van der Waals surface area contributed by atoms with Crippen LogP contribution in [-0.4, -0.2) is 36.6 Å². The smallest absolute Gasteiger partial charge is 0.255 e. The van der Waals surface area contributed by atoms with Gasteiger partial charge in [0, 0.05) is 29.6 Å². The number of ether oxygens (including phenoxy) is 1. The third-order valence-corrected chi connectivity index (χ3v) is 5.21. The number of hydrogen-bond donors (Lipinski definition) is 0. The maximum atomic E-state index is 12.8. The van der Waals surface area contributed by atoms with Crippen molar-refractivity contribution in [1.82, 2.24) is 4.90 Å². The van der Waals surface area contributed by atoms with Gasteiger partial charge in [-0.15, -0.1) is 0 Å². The quantitative estimate of drug-likeness (QED) is 0.820. The number of benzene rings is 1. The van der Waals surface area contributed by atoms with Crippen molar-refractivity contribution in [2.24, 2.45) is 5.92 Å². The molecule has 20 heavy (non-hydrogen) atoms. The van der Waals surface area contributed by atoms with Gasteiger partial charge in [0.2, 0.25) is 0 Å². The van der Waals surface area contributed by atoms with Crippen LogP contribution >= 0.6 is 27.5 Å². The second kappa shape index (κ2) is 6.04. The highest BCUT2D eigenvalue weighted by Crippen LogP contribution is 2.33. The Hall–Kier alpha value is -0.580. The second-order valence-corrected chi connectivity index (χ2v) is 6.75. The summed E-state index contributed by atoms with van der Waals surface area (Å²) in [5.41, 5.74) is 0.590. The van der Waals surface area contributed by atoms with Crippen LogP contribution in [0.4, 0.5) is 0 Å². The standard InChI is InChI=1S/C15H17BrClNO2/c16-13-3-1-2-12(14(13)17)15(19)18(11-4-5-11)8-10-6-7-20-9-10/h1-3,10-11H,4-9H2. The molecule has 1 aliphatic carbocycles. The maximum absolute atomic E-state index is 12.8. The lowest BCUT2D eigenvalue weighted by Gasteiger charge is -2.25. The molecule has 1 amide bonds. The monoisotopic (exact) mass is 357 g/mol. The Morgan fingerprint density at radius 1 is 1.40 bits per heavy atom. The minimum atomic E-state index is 0.0469. The molecular formula is C15H17BrClNO2. The van der Waals surface area contributed by atoms with Gasteiger partial charge in [-0.25, -0.2) is 0 Å². The summed E-state index contributed by atoms with van der Waals surface area (Å²) in [7, 11) is 0. The minimum Gasteiger partial charge on any atom is -0.381 e. The van der Waals surface area contributed by atoms with Crippen molar-refractivity contribution < 1.29 is 9.53 Å². The Morgan fingerprint density at radius 3 is 2.85 bits per heavy atom. The number of rotatable bonds is 4. The van der Waals surface area contributed by atoms with E-state index in [-0.39, 0.29) is 5.91 Å². The highest BCUT2D eigenvalue weighted by molar-refractivity contribution is 9.10. The first kappa shape index (κ1) is 14.4. The van der Waals surface area contributed by atoms with Crippen molar-refractivity contribution in [3.8, 4) is 0 Å². The summed E-state index contributed by atoms with van der Waals surface area (Å²) in [5, 5.41) is 0.505. The van der Waals surface area contributed by atoms with Gasteiger partial charge in [-0.05, 0) is 47.3 Å². The fourth-order valence-corrected chi connectivity index (χ4v) is 3.19. The molecule has 1 atom stereocenters. The largest absolute Gasteiger partial charge is 0.381 e. The number of halogens is 2. The van der Waals surface area contributed by atoms with Gasteiger partial charge < -0.3 is 9.64 Å². The topological polar surface area (TPSA) is 29.5 Å². The fraction of sp³-hybridized carbons (Fsp3) is 0.533. The van der Waals surface area contributed by atoms with E-state index in [0.717, 1.165) is 43.5 Å². The lowest BCUT2D eigenvalue weighted by atomic mass is 10.1. The summed E-state index contributed by atoms with van der Waals surface area (Å²) >= 11 is 9.64. The van der Waals surface area contributed by atoms with Crippen LogP contribution in [0.15, 0.2) is 22.7 Å². The Bertz CT molecular complexity index is 513. The summed E-state index contributed by atoms with van der Waals surface area (Å²) < 4.78 is 6.18. The minimum absolute atomic E-state index is 0.0469. The second-order valence-electron chi connectivity index (χ2n) is 5.52. The number of carbonyl (C=O) groups is 1. The van der Waals surface area contributed by atoms with Crippen LogP contribution in [0.25, 0.3) is 0 Å². The van der Waals surface area contributed by atoms with Crippen molar-refractivity contribution in [3.05, 3.63) is 33.3 Å². The molecule has 0 radical (unpaired) electrons. The van der Waals surface area contributed by atoms with E-state index in [1.54, 1.807) is 6.07 Å². The molecule has 108 valence electrons. The van der Waals surface area contributed by atoms with Gasteiger partial charge in [0.25, 0.3) is 5.91 Å². The highest BCUT2D eigenvalue weighted by Gasteiger charge is 2.35. The van der Waals surface area contributed by atoms with Crippen LogP contribution in [-0.2, 0) is 4.74 Å². The summed E-state index contributed by atoms with van der Waals surface area (Å²) in [6.07, 6.45) is 3.25. The Balaban J connectivity index is 1.79. The first-order valence-electron chi connectivity index (χ1n) is 6.99. The molecular weight excluding hydrogens is 342 g/mol. The fourth-order valence-electron chi connectivity index (χ4n) is 2.61. The van der Waals surface area contributed by atoms with E-state index in [0.29, 0.717) is 22.5 Å². The van der Waals surface area contributed by atoms with Crippen LogP contribution < -0.4 is 0 Å². The van der Waals surface area contributed by atoms with Crippen molar-refractivity contribution in [2.45, 2.75) is 25.3 Å². The van der Waals surface area contributed by atoms with Crippen molar-refractivity contribution in [2.75, 3.05) is 19.8 Å². The molecule has 1 aromatic carbocycles. The first-order valence-corrected chi connectivity index (χ1v) is 8.16. The maximum Gasteiger partial charge on any atom is 0.255 e. The number of carbonyl (C=O) groups excluding carboxylic acids is 1. The van der Waals surface area contributed by atoms with Gasteiger partial charge in [-0.2, -0.15) is 0 Å². The Labute approximate surface area is 132 Å². The van der Waals surface area contributed by atoms with Crippen LogP contribution in [0.1, 0.15) is 29.6 Å². The molecule has 0 N–H and O–H groups in total. The molecule has 5 heteroatoms. The van der Waals surface area contributed by atoms with E-state index in [1.807, 2.05) is 17.0 Å².